The Morgan fingerprint density at radius 3 is 1.27 bits per heavy atom. The molecule has 0 N–H and O–H groups in total. The molecule has 4 nitrogen and oxygen atoms in total. The largest absolute Gasteiger partial charge is 0.322 e. The van der Waals surface area contributed by atoms with Gasteiger partial charge in [-0.05, 0) is 62.4 Å². The lowest BCUT2D eigenvalue weighted by Crippen LogP contribution is -1.96. The van der Waals surface area contributed by atoms with E-state index in [4.69, 9.17) is 41.7 Å². The van der Waals surface area contributed by atoms with Crippen LogP contribution >= 0.6 is 34.2 Å². The van der Waals surface area contributed by atoms with Gasteiger partial charge in [-0.15, -0.1) is 0 Å². The predicted molar refractivity (Wildman–Crippen MR) is 124 cm³/mol. The Balaban J connectivity index is 2.81. The summed E-state index contributed by atoms with van der Waals surface area (Å²) in [5.74, 6) is 1.50. The van der Waals surface area contributed by atoms with Crippen LogP contribution in [0, 0.1) is 0 Å². The normalized spacial score (nSPS) is 12.5. The Hall–Kier alpha value is 1.06. The third-order valence-electron chi connectivity index (χ3n) is 3.02. The monoisotopic (exact) mass is 474 g/mol. The summed E-state index contributed by atoms with van der Waals surface area (Å²) in [5.41, 5.74) is -2.16. The minimum atomic E-state index is -2.30. The summed E-state index contributed by atoms with van der Waals surface area (Å²) >= 11 is 14.4. The molecule has 0 aromatic heterocycles. The molecule has 0 unspecified atom stereocenters. The molecule has 0 aliphatic heterocycles. The van der Waals surface area contributed by atoms with E-state index < -0.39 is 11.4 Å². The Bertz CT molecular complexity index is 557. The first-order chi connectivity index (χ1) is 12.4. The molecule has 1 rings (SSSR count). The molecule has 150 valence electrons. The fraction of sp³-hybridized carbons (Fsp3) is 0.625. The second-order valence-electron chi connectivity index (χ2n) is 4.88. The molecular formula is C16H28O4P2S4. The predicted octanol–water partition coefficient (Wildman–Crippen LogP) is 6.75. The molecule has 0 saturated carbocycles. The van der Waals surface area contributed by atoms with Gasteiger partial charge in [0.25, 0.3) is 0 Å². The average molecular weight is 475 g/mol. The molecule has 0 heterocycles. The van der Waals surface area contributed by atoms with Crippen molar-refractivity contribution < 1.29 is 18.1 Å². The van der Waals surface area contributed by atoms with Crippen LogP contribution in [-0.2, 0) is 53.2 Å². The summed E-state index contributed by atoms with van der Waals surface area (Å²) in [5, 5.41) is 0. The first-order valence-corrected chi connectivity index (χ1v) is 17.0. The second-order valence-corrected chi connectivity index (χ2v) is 17.5. The van der Waals surface area contributed by atoms with Crippen molar-refractivity contribution in [3.63, 3.8) is 0 Å². The van der Waals surface area contributed by atoms with Crippen molar-refractivity contribution in [3.05, 3.63) is 35.4 Å². The van der Waals surface area contributed by atoms with E-state index in [9.17, 15) is 0 Å². The van der Waals surface area contributed by atoms with E-state index in [1.165, 1.54) is 11.1 Å². The highest BCUT2D eigenvalue weighted by molar-refractivity contribution is 8.68. The number of hydrogen-bond donors (Lipinski definition) is 0. The molecule has 0 aliphatic rings. The van der Waals surface area contributed by atoms with E-state index in [1.807, 2.05) is 39.8 Å². The lowest BCUT2D eigenvalue weighted by atomic mass is 10.1. The van der Waals surface area contributed by atoms with Gasteiger partial charge >= 0.3 is 0 Å². The summed E-state index contributed by atoms with van der Waals surface area (Å²) in [6.45, 7) is 10.0. The topological polar surface area (TPSA) is 36.9 Å². The zero-order chi connectivity index (χ0) is 19.5. The third kappa shape index (κ3) is 9.04. The highest BCUT2D eigenvalue weighted by atomic mass is 32.9. The van der Waals surface area contributed by atoms with Crippen LogP contribution in [0.1, 0.15) is 38.8 Å². The molecular weight excluding hydrogens is 446 g/mol. The Labute approximate surface area is 176 Å². The number of hydrogen-bond acceptors (Lipinski definition) is 8. The van der Waals surface area contributed by atoms with Crippen molar-refractivity contribution in [2.75, 3.05) is 26.4 Å². The van der Waals surface area contributed by atoms with Crippen molar-refractivity contribution in [2.45, 2.75) is 39.2 Å². The first kappa shape index (κ1) is 25.1. The Morgan fingerprint density at radius 2 is 1.00 bits per heavy atom. The van der Waals surface area contributed by atoms with E-state index >= 15 is 0 Å². The van der Waals surface area contributed by atoms with Crippen LogP contribution in [0.2, 0.25) is 0 Å². The summed E-state index contributed by atoms with van der Waals surface area (Å²) in [4.78, 5) is 0. The zero-order valence-electron chi connectivity index (χ0n) is 15.7. The van der Waals surface area contributed by atoms with Gasteiger partial charge in [0.05, 0.1) is 26.4 Å². The SMILES string of the molecule is CCOP(=S)(OCC)SCc1ccccc1CSP(=S)(OCC)OCC. The third-order valence-corrected chi connectivity index (χ3v) is 13.9. The standard InChI is InChI=1S/C16H28O4P2S4/c1-5-17-21(23,18-6-2)25-13-15-11-9-10-12-16(15)14-26-22(24,19-7-3)20-8-4/h9-12H,5-8,13-14H2,1-4H3. The van der Waals surface area contributed by atoms with E-state index in [0.29, 0.717) is 26.4 Å². The zero-order valence-corrected chi connectivity index (χ0v) is 20.8. The van der Waals surface area contributed by atoms with Crippen molar-refractivity contribution in [3.8, 4) is 0 Å². The van der Waals surface area contributed by atoms with Gasteiger partial charge in [-0.25, -0.2) is 0 Å². The first-order valence-electron chi connectivity index (χ1n) is 8.56. The second kappa shape index (κ2) is 13.3. The minimum absolute atomic E-state index is 0.563. The molecule has 1 aromatic rings. The average Bonchev–Trinajstić information content (AvgIpc) is 2.60. The minimum Gasteiger partial charge on any atom is -0.322 e. The Kier molecular flexibility index (Phi) is 12.9. The maximum Gasteiger partial charge on any atom is 0.247 e. The molecule has 0 bridgehead atoms. The van der Waals surface area contributed by atoms with Crippen LogP contribution in [0.15, 0.2) is 24.3 Å². The maximum absolute atomic E-state index is 5.72. The maximum atomic E-state index is 5.72. The van der Waals surface area contributed by atoms with Gasteiger partial charge < -0.3 is 18.1 Å². The van der Waals surface area contributed by atoms with Gasteiger partial charge in [-0.1, -0.05) is 47.0 Å². The van der Waals surface area contributed by atoms with Gasteiger partial charge in [0.1, 0.15) is 0 Å². The molecule has 1 aromatic carbocycles. The molecule has 0 atom stereocenters. The van der Waals surface area contributed by atoms with Crippen LogP contribution in [0.25, 0.3) is 0 Å². The summed E-state index contributed by atoms with van der Waals surface area (Å²) in [6.07, 6.45) is 0. The van der Waals surface area contributed by atoms with Crippen molar-refractivity contribution in [1.29, 1.82) is 0 Å². The molecule has 0 amide bonds. The fourth-order valence-corrected chi connectivity index (χ4v) is 11.0. The van der Waals surface area contributed by atoms with E-state index in [0.717, 1.165) is 11.5 Å². The molecule has 10 heteroatoms. The van der Waals surface area contributed by atoms with Gasteiger partial charge in [0.2, 0.25) is 11.4 Å². The summed E-state index contributed by atoms with van der Waals surface area (Å²) < 4.78 is 22.9. The summed E-state index contributed by atoms with van der Waals surface area (Å²) in [6, 6.07) is 8.31. The molecule has 0 aliphatic carbocycles. The van der Waals surface area contributed by atoms with Crippen LogP contribution < -0.4 is 0 Å². The fourth-order valence-electron chi connectivity index (χ4n) is 1.99. The van der Waals surface area contributed by atoms with E-state index in [-0.39, 0.29) is 0 Å². The molecule has 0 radical (unpaired) electrons. The van der Waals surface area contributed by atoms with Crippen LogP contribution in [0.3, 0.4) is 0 Å². The Morgan fingerprint density at radius 1 is 0.692 bits per heavy atom. The van der Waals surface area contributed by atoms with E-state index in [2.05, 4.69) is 12.1 Å². The quantitative estimate of drug-likeness (QED) is 0.274. The van der Waals surface area contributed by atoms with Crippen molar-refractivity contribution in [1.82, 2.24) is 0 Å². The highest BCUT2D eigenvalue weighted by Crippen LogP contribution is 2.63. The highest BCUT2D eigenvalue weighted by Gasteiger charge is 2.22. The van der Waals surface area contributed by atoms with Crippen LogP contribution in [-0.4, -0.2) is 26.4 Å². The van der Waals surface area contributed by atoms with Crippen molar-refractivity contribution >= 4 is 57.8 Å². The number of rotatable bonds is 14. The van der Waals surface area contributed by atoms with Crippen LogP contribution in [0.4, 0.5) is 0 Å². The van der Waals surface area contributed by atoms with E-state index in [1.54, 1.807) is 22.8 Å². The lowest BCUT2D eigenvalue weighted by molar-refractivity contribution is 0.280. The van der Waals surface area contributed by atoms with Crippen LogP contribution in [0.5, 0.6) is 0 Å². The molecule has 26 heavy (non-hydrogen) atoms. The lowest BCUT2D eigenvalue weighted by Gasteiger charge is -2.22. The molecule has 0 spiro atoms. The van der Waals surface area contributed by atoms with Gasteiger partial charge in [-0.2, -0.15) is 0 Å². The smallest absolute Gasteiger partial charge is 0.247 e. The number of benzene rings is 1. The van der Waals surface area contributed by atoms with Gasteiger partial charge in [0.15, 0.2) is 0 Å². The summed E-state index contributed by atoms with van der Waals surface area (Å²) in [7, 11) is 0. The van der Waals surface area contributed by atoms with Crippen molar-refractivity contribution in [2.24, 2.45) is 0 Å². The molecule has 0 saturated heterocycles. The van der Waals surface area contributed by atoms with Gasteiger partial charge in [-0.3, -0.25) is 0 Å². The van der Waals surface area contributed by atoms with Gasteiger partial charge in [0, 0.05) is 11.5 Å². The molecule has 0 fully saturated rings.